The Hall–Kier alpha value is -0.220. The van der Waals surface area contributed by atoms with Gasteiger partial charge in [0.2, 0.25) is 0 Å². The van der Waals surface area contributed by atoms with E-state index in [1.165, 1.54) is 18.9 Å². The topological polar surface area (TPSA) is 26.3 Å². The molecule has 0 aromatic heterocycles. The summed E-state index contributed by atoms with van der Waals surface area (Å²) in [6.07, 6.45) is 4.02. The molecule has 0 heterocycles. The van der Waals surface area contributed by atoms with Gasteiger partial charge in [-0.3, -0.25) is 0 Å². The third-order valence-corrected chi connectivity index (χ3v) is 3.22. The van der Waals surface area contributed by atoms with E-state index in [2.05, 4.69) is 27.2 Å². The van der Waals surface area contributed by atoms with Crippen LogP contribution < -0.4 is 0 Å². The smallest absolute Gasteiger partial charge is 0.344 e. The van der Waals surface area contributed by atoms with Crippen molar-refractivity contribution in [3.63, 3.8) is 0 Å². The van der Waals surface area contributed by atoms with Gasteiger partial charge in [0.15, 0.2) is 0 Å². The third kappa shape index (κ3) is 5.50. The van der Waals surface area contributed by atoms with Crippen molar-refractivity contribution < 1.29 is 9.53 Å². The van der Waals surface area contributed by atoms with Crippen LogP contribution in [0.4, 0.5) is 0 Å². The van der Waals surface area contributed by atoms with Gasteiger partial charge in [-0.15, -0.1) is 0 Å². The van der Waals surface area contributed by atoms with E-state index in [0.29, 0.717) is 4.91 Å². The van der Waals surface area contributed by atoms with E-state index in [-0.39, 0.29) is 5.97 Å². The Morgan fingerprint density at radius 1 is 1.64 bits per heavy atom. The fourth-order valence-corrected chi connectivity index (χ4v) is 1.94. The lowest BCUT2D eigenvalue weighted by atomic mass is 10.3. The predicted molar refractivity (Wildman–Crippen MR) is 65.5 cm³/mol. The van der Waals surface area contributed by atoms with Crippen LogP contribution in [-0.4, -0.2) is 18.4 Å². The maximum Gasteiger partial charge on any atom is 0.344 e. The van der Waals surface area contributed by atoms with Crippen molar-refractivity contribution in [1.29, 1.82) is 0 Å². The number of allylic oxidation sites excluding steroid dienone is 2. The van der Waals surface area contributed by atoms with Gasteiger partial charge in [-0.05, 0) is 24.7 Å². The maximum atomic E-state index is 11.1. The molecule has 80 valence electrons. The van der Waals surface area contributed by atoms with Crippen molar-refractivity contribution in [3.05, 3.63) is 22.5 Å². The number of rotatable bonds is 6. The summed E-state index contributed by atoms with van der Waals surface area (Å²) in [4.78, 5) is 12.7. The molecule has 0 fully saturated rings. The Kier molecular flexibility index (Phi) is 7.99. The van der Waals surface area contributed by atoms with E-state index in [1.807, 2.05) is 13.0 Å². The van der Waals surface area contributed by atoms with E-state index < -0.39 is 0 Å². The third-order valence-electron chi connectivity index (χ3n) is 1.55. The fraction of sp³-hybridized carbons (Fsp3) is 0.500. The van der Waals surface area contributed by atoms with E-state index in [1.54, 1.807) is 0 Å². The average molecular weight is 279 g/mol. The van der Waals surface area contributed by atoms with Crippen LogP contribution >= 0.6 is 27.7 Å². The minimum Gasteiger partial charge on any atom is -0.465 e. The highest BCUT2D eigenvalue weighted by Crippen LogP contribution is 2.28. The quantitative estimate of drug-likeness (QED) is 0.423. The minimum atomic E-state index is -0.354. The Labute approximate surface area is 97.9 Å². The number of methoxy groups -OCH3 is 1. The van der Waals surface area contributed by atoms with Gasteiger partial charge in [0.25, 0.3) is 0 Å². The second-order valence-electron chi connectivity index (χ2n) is 2.56. The summed E-state index contributed by atoms with van der Waals surface area (Å²) in [5.74, 6) is -0.354. The van der Waals surface area contributed by atoms with Gasteiger partial charge in [-0.2, -0.15) is 0 Å². The Morgan fingerprint density at radius 2 is 2.29 bits per heavy atom. The zero-order valence-corrected chi connectivity index (χ0v) is 10.9. The van der Waals surface area contributed by atoms with Gasteiger partial charge in [0, 0.05) is 5.33 Å². The average Bonchev–Trinajstić information content (AvgIpc) is 2.22. The van der Waals surface area contributed by atoms with Crippen LogP contribution in [-0.2, 0) is 9.53 Å². The largest absolute Gasteiger partial charge is 0.465 e. The summed E-state index contributed by atoms with van der Waals surface area (Å²) < 4.78 is 4.57. The molecule has 0 N–H and O–H groups in total. The van der Waals surface area contributed by atoms with Crippen LogP contribution in [0.1, 0.15) is 19.8 Å². The van der Waals surface area contributed by atoms with E-state index >= 15 is 0 Å². The molecule has 14 heavy (non-hydrogen) atoms. The molecule has 2 nitrogen and oxygen atoms in total. The summed E-state index contributed by atoms with van der Waals surface area (Å²) >= 11 is 4.75. The first kappa shape index (κ1) is 13.8. The highest BCUT2D eigenvalue weighted by molar-refractivity contribution is 9.09. The van der Waals surface area contributed by atoms with Crippen LogP contribution in [0.15, 0.2) is 22.5 Å². The standard InChI is InChI=1S/C10H15BrO2S/c1-4-9(6-5-7-11)14-8(2)10(12)13-3/h4H,2,5-7H2,1,3H3/b9-4-. The number of carbonyl (C=O) groups excluding carboxylic acids is 1. The molecular weight excluding hydrogens is 264 g/mol. The second-order valence-corrected chi connectivity index (χ2v) is 4.58. The summed E-state index contributed by atoms with van der Waals surface area (Å²) in [5, 5.41) is 0.968. The summed E-state index contributed by atoms with van der Waals surface area (Å²) in [6, 6.07) is 0. The SMILES string of the molecule is C=C(S/C(=C\C)CCCBr)C(=O)OC. The van der Waals surface area contributed by atoms with Crippen LogP contribution in [0.2, 0.25) is 0 Å². The van der Waals surface area contributed by atoms with Gasteiger partial charge in [-0.1, -0.05) is 40.3 Å². The van der Waals surface area contributed by atoms with Gasteiger partial charge >= 0.3 is 5.97 Å². The molecule has 0 aromatic rings. The van der Waals surface area contributed by atoms with Crippen LogP contribution in [0.25, 0.3) is 0 Å². The number of thioether (sulfide) groups is 1. The lowest BCUT2D eigenvalue weighted by Crippen LogP contribution is -2.00. The van der Waals surface area contributed by atoms with Gasteiger partial charge in [0.05, 0.1) is 12.0 Å². The predicted octanol–water partition coefficient (Wildman–Crippen LogP) is 3.49. The Bertz CT molecular complexity index is 236. The zero-order chi connectivity index (χ0) is 11.0. The van der Waals surface area contributed by atoms with Crippen molar-refractivity contribution in [1.82, 2.24) is 0 Å². The molecule has 0 saturated carbocycles. The molecule has 4 heteroatoms. The molecule has 0 aliphatic carbocycles. The van der Waals surface area contributed by atoms with Gasteiger partial charge in [0.1, 0.15) is 0 Å². The molecule has 0 radical (unpaired) electrons. The first-order valence-corrected chi connectivity index (χ1v) is 6.25. The van der Waals surface area contributed by atoms with Crippen molar-refractivity contribution in [2.75, 3.05) is 12.4 Å². The number of hydrogen-bond donors (Lipinski definition) is 0. The fourth-order valence-electron chi connectivity index (χ4n) is 0.809. The molecule has 0 aromatic carbocycles. The van der Waals surface area contributed by atoms with Crippen LogP contribution in [0.3, 0.4) is 0 Å². The first-order valence-electron chi connectivity index (χ1n) is 4.32. The van der Waals surface area contributed by atoms with E-state index in [4.69, 9.17) is 0 Å². The molecule has 0 spiro atoms. The first-order chi connectivity index (χ1) is 6.65. The second kappa shape index (κ2) is 8.12. The Morgan fingerprint density at radius 3 is 2.71 bits per heavy atom. The Balaban J connectivity index is 4.06. The van der Waals surface area contributed by atoms with E-state index in [0.717, 1.165) is 23.1 Å². The molecule has 0 atom stereocenters. The van der Waals surface area contributed by atoms with Crippen LogP contribution in [0.5, 0.6) is 0 Å². The minimum absolute atomic E-state index is 0.354. The normalized spacial score (nSPS) is 11.2. The number of hydrogen-bond acceptors (Lipinski definition) is 3. The maximum absolute atomic E-state index is 11.1. The van der Waals surface area contributed by atoms with Crippen LogP contribution in [0, 0.1) is 0 Å². The van der Waals surface area contributed by atoms with E-state index in [9.17, 15) is 4.79 Å². The summed E-state index contributed by atoms with van der Waals surface area (Å²) in [5.41, 5.74) is 0. The summed E-state index contributed by atoms with van der Waals surface area (Å²) in [6.45, 7) is 5.62. The lowest BCUT2D eigenvalue weighted by Gasteiger charge is -2.06. The molecule has 0 unspecified atom stereocenters. The van der Waals surface area contributed by atoms with Crippen molar-refractivity contribution in [3.8, 4) is 0 Å². The zero-order valence-electron chi connectivity index (χ0n) is 8.51. The highest BCUT2D eigenvalue weighted by atomic mass is 79.9. The number of carbonyl (C=O) groups is 1. The molecule has 0 rings (SSSR count). The van der Waals surface area contributed by atoms with Gasteiger partial charge < -0.3 is 4.74 Å². The number of esters is 1. The molecular formula is C10H15BrO2S. The lowest BCUT2D eigenvalue weighted by molar-refractivity contribution is -0.135. The molecule has 0 bridgehead atoms. The number of halogens is 1. The van der Waals surface area contributed by atoms with Crippen molar-refractivity contribution in [2.24, 2.45) is 0 Å². The number of alkyl halides is 1. The van der Waals surface area contributed by atoms with Gasteiger partial charge in [-0.25, -0.2) is 4.79 Å². The molecule has 0 aliphatic rings. The number of ether oxygens (including phenoxy) is 1. The van der Waals surface area contributed by atoms with Crippen molar-refractivity contribution in [2.45, 2.75) is 19.8 Å². The monoisotopic (exact) mass is 278 g/mol. The van der Waals surface area contributed by atoms with Crippen molar-refractivity contribution >= 4 is 33.7 Å². The molecule has 0 saturated heterocycles. The highest BCUT2D eigenvalue weighted by Gasteiger charge is 2.09. The molecule has 0 amide bonds. The summed E-state index contributed by atoms with van der Waals surface area (Å²) in [7, 11) is 1.36. The molecule has 0 aliphatic heterocycles.